The Balaban J connectivity index is 1.88. The lowest BCUT2D eigenvalue weighted by atomic mass is 9.72. The summed E-state index contributed by atoms with van der Waals surface area (Å²) in [6.45, 7) is 0. The number of nitrogens with zero attached hydrogens (tertiary/aromatic N) is 2. The van der Waals surface area contributed by atoms with Crippen LogP contribution in [0.4, 0.5) is 0 Å². The van der Waals surface area contributed by atoms with E-state index in [0.717, 1.165) is 16.7 Å². The molecule has 0 saturated carbocycles. The van der Waals surface area contributed by atoms with E-state index < -0.39 is 11.3 Å². The van der Waals surface area contributed by atoms with Crippen LogP contribution in [0.2, 0.25) is 0 Å². The fourth-order valence-electron chi connectivity index (χ4n) is 3.77. The quantitative estimate of drug-likeness (QED) is 0.621. The molecule has 2 aliphatic carbocycles. The standard InChI is InChI=1S/C25H17ClN2O/c26-24(28-23(29)19-12-6-2-7-13-19)25(17-27)21-15-9-3-8-14-20(21)16-22(25)18-10-4-1-5-11-18/h1-16,21H/t21-,25-/m0/s1. The van der Waals surface area contributed by atoms with Crippen LogP contribution in [-0.2, 0) is 0 Å². The Morgan fingerprint density at radius 3 is 2.38 bits per heavy atom. The van der Waals surface area contributed by atoms with Crippen LogP contribution in [0.15, 0.2) is 108 Å². The van der Waals surface area contributed by atoms with Crippen LogP contribution in [0.5, 0.6) is 0 Å². The number of aliphatic imine (C=N–C) groups is 1. The van der Waals surface area contributed by atoms with Crippen LogP contribution in [0.1, 0.15) is 15.9 Å². The molecule has 2 aromatic carbocycles. The monoisotopic (exact) mass is 396 g/mol. The molecule has 0 spiro atoms. The highest BCUT2D eigenvalue weighted by atomic mass is 35.5. The molecular formula is C25H17ClN2O. The van der Waals surface area contributed by atoms with Gasteiger partial charge >= 0.3 is 0 Å². The van der Waals surface area contributed by atoms with E-state index in [0.29, 0.717) is 5.56 Å². The lowest BCUT2D eigenvalue weighted by Gasteiger charge is -2.29. The average Bonchev–Trinajstić information content (AvgIpc) is 2.90. The fraction of sp³-hybridized carbons (Fsp3) is 0.0800. The lowest BCUT2D eigenvalue weighted by molar-refractivity contribution is 0.100. The normalized spacial score (nSPS) is 22.9. The van der Waals surface area contributed by atoms with E-state index in [1.54, 1.807) is 24.3 Å². The predicted octanol–water partition coefficient (Wildman–Crippen LogP) is 5.74. The molecule has 2 aromatic rings. The summed E-state index contributed by atoms with van der Waals surface area (Å²) in [6, 6.07) is 20.7. The number of halogens is 1. The zero-order valence-corrected chi connectivity index (χ0v) is 16.3. The topological polar surface area (TPSA) is 53.2 Å². The molecule has 2 atom stereocenters. The Bertz CT molecular complexity index is 1130. The SMILES string of the molecule is N#C[C@@]1(C(Cl)=NC(=O)c2ccccc2)C(c2ccccc2)=CC2=CC=CC=C[C@@H]21. The van der Waals surface area contributed by atoms with Crippen LogP contribution in [0, 0.1) is 22.7 Å². The van der Waals surface area contributed by atoms with Crippen LogP contribution in [0.25, 0.3) is 5.57 Å². The smallest absolute Gasteiger partial charge is 0.267 e. The lowest BCUT2D eigenvalue weighted by Crippen LogP contribution is -2.33. The zero-order valence-electron chi connectivity index (χ0n) is 15.5. The van der Waals surface area contributed by atoms with E-state index in [9.17, 15) is 10.1 Å². The number of nitriles is 1. The van der Waals surface area contributed by atoms with Gasteiger partial charge in [-0.05, 0) is 28.8 Å². The summed E-state index contributed by atoms with van der Waals surface area (Å²) in [4.78, 5) is 16.9. The molecule has 0 aromatic heterocycles. The maximum atomic E-state index is 12.7. The van der Waals surface area contributed by atoms with Crippen molar-refractivity contribution in [2.75, 3.05) is 0 Å². The molecule has 0 N–H and O–H groups in total. The van der Waals surface area contributed by atoms with Gasteiger partial charge in [-0.2, -0.15) is 10.3 Å². The minimum Gasteiger partial charge on any atom is -0.267 e. The van der Waals surface area contributed by atoms with E-state index in [1.165, 1.54) is 0 Å². The third kappa shape index (κ3) is 3.29. The van der Waals surface area contributed by atoms with Gasteiger partial charge in [0.1, 0.15) is 10.6 Å². The first-order chi connectivity index (χ1) is 14.2. The van der Waals surface area contributed by atoms with Gasteiger partial charge in [0.2, 0.25) is 0 Å². The second-order valence-corrected chi connectivity index (χ2v) is 7.19. The van der Waals surface area contributed by atoms with E-state index in [1.807, 2.05) is 72.9 Å². The number of hydrogen-bond acceptors (Lipinski definition) is 2. The first kappa shape index (κ1) is 18.9. The van der Waals surface area contributed by atoms with Gasteiger partial charge < -0.3 is 0 Å². The molecule has 4 rings (SSSR count). The van der Waals surface area contributed by atoms with E-state index >= 15 is 0 Å². The number of rotatable bonds is 3. The third-order valence-electron chi connectivity index (χ3n) is 5.18. The van der Waals surface area contributed by atoms with Crippen LogP contribution in [-0.4, -0.2) is 11.1 Å². The predicted molar refractivity (Wildman–Crippen MR) is 116 cm³/mol. The molecule has 29 heavy (non-hydrogen) atoms. The second-order valence-electron chi connectivity index (χ2n) is 6.83. The highest BCUT2D eigenvalue weighted by Gasteiger charge is 2.51. The number of allylic oxidation sites excluding steroid dienone is 8. The Morgan fingerprint density at radius 2 is 1.69 bits per heavy atom. The molecule has 0 unspecified atom stereocenters. The second kappa shape index (κ2) is 7.87. The summed E-state index contributed by atoms with van der Waals surface area (Å²) in [7, 11) is 0. The van der Waals surface area contributed by atoms with E-state index in [4.69, 9.17) is 11.6 Å². The van der Waals surface area contributed by atoms with Crippen LogP contribution in [0.3, 0.4) is 0 Å². The number of hydrogen-bond donors (Lipinski definition) is 0. The van der Waals surface area contributed by atoms with Crippen molar-refractivity contribution < 1.29 is 4.79 Å². The minimum atomic E-state index is -1.28. The molecule has 0 bridgehead atoms. The number of carbonyl (C=O) groups is 1. The van der Waals surface area contributed by atoms with Crippen molar-refractivity contribution in [2.45, 2.75) is 0 Å². The Morgan fingerprint density at radius 1 is 1.00 bits per heavy atom. The largest absolute Gasteiger partial charge is 0.278 e. The average molecular weight is 397 g/mol. The summed E-state index contributed by atoms with van der Waals surface area (Å²) >= 11 is 6.69. The van der Waals surface area contributed by atoms with E-state index in [2.05, 4.69) is 11.1 Å². The van der Waals surface area contributed by atoms with E-state index in [-0.39, 0.29) is 11.1 Å². The molecule has 140 valence electrons. The molecule has 0 saturated heterocycles. The van der Waals surface area contributed by atoms with Gasteiger partial charge in [-0.15, -0.1) is 0 Å². The van der Waals surface area contributed by atoms with Crippen LogP contribution < -0.4 is 0 Å². The molecule has 0 radical (unpaired) electrons. The Hall–Kier alpha value is -3.48. The summed E-state index contributed by atoms with van der Waals surface area (Å²) in [5, 5.41) is 10.4. The molecule has 3 nitrogen and oxygen atoms in total. The Kier molecular flexibility index (Phi) is 5.12. The van der Waals surface area contributed by atoms with Crippen LogP contribution >= 0.6 is 11.6 Å². The molecular weight excluding hydrogens is 380 g/mol. The fourth-order valence-corrected chi connectivity index (χ4v) is 4.11. The van der Waals surface area contributed by atoms with Gasteiger partial charge in [-0.3, -0.25) is 4.79 Å². The molecule has 1 amide bonds. The molecule has 4 heteroatoms. The number of fused-ring (bicyclic) bond motifs is 1. The van der Waals surface area contributed by atoms with Crippen molar-refractivity contribution in [3.8, 4) is 6.07 Å². The van der Waals surface area contributed by atoms with Crippen molar-refractivity contribution in [3.05, 3.63) is 114 Å². The molecule has 2 aliphatic rings. The van der Waals surface area contributed by atoms with Crippen molar-refractivity contribution in [1.82, 2.24) is 0 Å². The van der Waals surface area contributed by atoms with Crippen molar-refractivity contribution in [1.29, 1.82) is 5.26 Å². The maximum absolute atomic E-state index is 12.7. The van der Waals surface area contributed by atoms with Gasteiger partial charge in [0.15, 0.2) is 0 Å². The molecule has 0 aliphatic heterocycles. The van der Waals surface area contributed by atoms with Gasteiger partial charge in [-0.25, -0.2) is 0 Å². The molecule has 0 fully saturated rings. The minimum absolute atomic E-state index is 0.0242. The number of carbonyl (C=O) groups excluding carboxylic acids is 1. The summed E-state index contributed by atoms with van der Waals surface area (Å²) in [5.41, 5.74) is 1.72. The highest BCUT2D eigenvalue weighted by molar-refractivity contribution is 6.69. The van der Waals surface area contributed by atoms with Gasteiger partial charge in [0.05, 0.1) is 6.07 Å². The summed E-state index contributed by atoms with van der Waals surface area (Å²) in [5.74, 6) is -0.802. The number of amides is 1. The first-order valence-electron chi connectivity index (χ1n) is 9.25. The van der Waals surface area contributed by atoms with Gasteiger partial charge in [-0.1, -0.05) is 96.6 Å². The van der Waals surface area contributed by atoms with Crippen molar-refractivity contribution in [2.24, 2.45) is 16.3 Å². The third-order valence-corrected chi connectivity index (χ3v) is 5.57. The molecule has 0 heterocycles. The van der Waals surface area contributed by atoms with Crippen molar-refractivity contribution in [3.63, 3.8) is 0 Å². The summed E-state index contributed by atoms with van der Waals surface area (Å²) < 4.78 is 0. The summed E-state index contributed by atoms with van der Waals surface area (Å²) in [6.07, 6.45) is 11.6. The van der Waals surface area contributed by atoms with Crippen molar-refractivity contribution >= 4 is 28.3 Å². The first-order valence-corrected chi connectivity index (χ1v) is 9.62. The Labute approximate surface area is 174 Å². The number of benzene rings is 2. The maximum Gasteiger partial charge on any atom is 0.278 e. The van der Waals surface area contributed by atoms with Gasteiger partial charge in [0.25, 0.3) is 5.91 Å². The zero-order chi connectivity index (χ0) is 20.3. The van der Waals surface area contributed by atoms with Gasteiger partial charge in [0, 0.05) is 11.5 Å². The highest BCUT2D eigenvalue weighted by Crippen LogP contribution is 2.53.